The number of ether oxygens (including phenoxy) is 2. The summed E-state index contributed by atoms with van der Waals surface area (Å²) >= 11 is 0. The topological polar surface area (TPSA) is 72.8 Å². The lowest BCUT2D eigenvalue weighted by molar-refractivity contribution is 0.110. The van der Waals surface area contributed by atoms with Crippen LogP contribution in [-0.4, -0.2) is 41.8 Å². The highest BCUT2D eigenvalue weighted by atomic mass is 16.5. The van der Waals surface area contributed by atoms with Gasteiger partial charge >= 0.3 is 6.03 Å². The standard InChI is InChI=1S/C21H27N3O4/c1-15-12-19(13-20(25)23(15)2)28-18-8-10-24(11-9-18)21(26)22-14-16-4-6-17(27-3)7-5-16/h4-7,12-13,18H,8-11,14H2,1-3H3,(H,22,26). The minimum absolute atomic E-state index is 0.0112. The number of urea groups is 1. The molecule has 0 aliphatic carbocycles. The molecule has 7 heteroatoms. The van der Waals surface area contributed by atoms with Crippen molar-refractivity contribution < 1.29 is 14.3 Å². The molecule has 2 aromatic rings. The van der Waals surface area contributed by atoms with Crippen LogP contribution in [0.5, 0.6) is 11.5 Å². The summed E-state index contributed by atoms with van der Waals surface area (Å²) in [7, 11) is 3.37. The molecule has 7 nitrogen and oxygen atoms in total. The zero-order valence-electron chi connectivity index (χ0n) is 16.6. The molecule has 1 N–H and O–H groups in total. The van der Waals surface area contributed by atoms with Gasteiger partial charge in [0.1, 0.15) is 17.6 Å². The summed E-state index contributed by atoms with van der Waals surface area (Å²) in [5, 5.41) is 2.95. The zero-order chi connectivity index (χ0) is 20.1. The highest BCUT2D eigenvalue weighted by Crippen LogP contribution is 2.19. The van der Waals surface area contributed by atoms with E-state index < -0.39 is 0 Å². The molecule has 0 radical (unpaired) electrons. The summed E-state index contributed by atoms with van der Waals surface area (Å²) in [6, 6.07) is 10.9. The molecule has 1 fully saturated rings. The first kappa shape index (κ1) is 19.8. The summed E-state index contributed by atoms with van der Waals surface area (Å²) in [5.41, 5.74) is 1.80. The fraction of sp³-hybridized carbons (Fsp3) is 0.429. The Morgan fingerprint density at radius 2 is 1.82 bits per heavy atom. The van der Waals surface area contributed by atoms with Crippen molar-refractivity contribution in [2.24, 2.45) is 7.05 Å². The highest BCUT2D eigenvalue weighted by Gasteiger charge is 2.24. The SMILES string of the molecule is COc1ccc(CNC(=O)N2CCC(Oc3cc(C)n(C)c(=O)c3)CC2)cc1. The lowest BCUT2D eigenvalue weighted by Gasteiger charge is -2.32. The summed E-state index contributed by atoms with van der Waals surface area (Å²) in [6.07, 6.45) is 1.49. The fourth-order valence-electron chi connectivity index (χ4n) is 3.21. The Morgan fingerprint density at radius 3 is 2.43 bits per heavy atom. The van der Waals surface area contributed by atoms with E-state index in [1.165, 1.54) is 6.07 Å². The van der Waals surface area contributed by atoms with Crippen LogP contribution in [0.15, 0.2) is 41.2 Å². The minimum atomic E-state index is -0.0784. The van der Waals surface area contributed by atoms with Crippen LogP contribution in [0.25, 0.3) is 0 Å². The number of methoxy groups -OCH3 is 1. The highest BCUT2D eigenvalue weighted by molar-refractivity contribution is 5.74. The second-order valence-corrected chi connectivity index (χ2v) is 7.04. The van der Waals surface area contributed by atoms with Crippen LogP contribution < -0.4 is 20.3 Å². The number of nitrogens with zero attached hydrogens (tertiary/aromatic N) is 2. The Bertz CT molecular complexity index is 868. The van der Waals surface area contributed by atoms with Gasteiger partial charge in [0.15, 0.2) is 0 Å². The second kappa shape index (κ2) is 8.82. The van der Waals surface area contributed by atoms with Gasteiger partial charge in [0.25, 0.3) is 5.56 Å². The number of amides is 2. The quantitative estimate of drug-likeness (QED) is 0.858. The van der Waals surface area contributed by atoms with E-state index in [0.29, 0.717) is 25.4 Å². The molecule has 150 valence electrons. The molecule has 28 heavy (non-hydrogen) atoms. The summed E-state index contributed by atoms with van der Waals surface area (Å²) in [5.74, 6) is 1.40. The average Bonchev–Trinajstić information content (AvgIpc) is 2.71. The van der Waals surface area contributed by atoms with Gasteiger partial charge in [0.2, 0.25) is 0 Å². The van der Waals surface area contributed by atoms with Crippen LogP contribution in [0.4, 0.5) is 4.79 Å². The van der Waals surface area contributed by atoms with Crippen molar-refractivity contribution in [2.75, 3.05) is 20.2 Å². The van der Waals surface area contributed by atoms with E-state index >= 15 is 0 Å². The number of hydrogen-bond donors (Lipinski definition) is 1. The molecule has 0 atom stereocenters. The maximum Gasteiger partial charge on any atom is 0.317 e. The van der Waals surface area contributed by atoms with Gasteiger partial charge in [0.05, 0.1) is 7.11 Å². The number of aromatic nitrogens is 1. The average molecular weight is 385 g/mol. The van der Waals surface area contributed by atoms with Crippen LogP contribution in [-0.2, 0) is 13.6 Å². The molecular weight excluding hydrogens is 358 g/mol. The first-order valence-electron chi connectivity index (χ1n) is 9.46. The van der Waals surface area contributed by atoms with Gasteiger partial charge in [-0.15, -0.1) is 0 Å². The van der Waals surface area contributed by atoms with Crippen LogP contribution in [0.3, 0.4) is 0 Å². The van der Waals surface area contributed by atoms with Crippen LogP contribution >= 0.6 is 0 Å². The maximum absolute atomic E-state index is 12.4. The molecule has 1 saturated heterocycles. The van der Waals surface area contributed by atoms with E-state index in [1.54, 1.807) is 23.6 Å². The molecule has 0 spiro atoms. The number of carbonyl (C=O) groups is 1. The molecule has 1 aromatic carbocycles. The molecule has 1 aliphatic heterocycles. The number of piperidine rings is 1. The fourth-order valence-corrected chi connectivity index (χ4v) is 3.21. The Labute approximate surface area is 164 Å². The molecule has 2 amide bonds. The van der Waals surface area contributed by atoms with Crippen LogP contribution in [0.2, 0.25) is 0 Å². The number of nitrogens with one attached hydrogen (secondary N) is 1. The third-order valence-corrected chi connectivity index (χ3v) is 5.11. The van der Waals surface area contributed by atoms with E-state index in [-0.39, 0.29) is 17.7 Å². The van der Waals surface area contributed by atoms with E-state index in [9.17, 15) is 9.59 Å². The Balaban J connectivity index is 1.46. The van der Waals surface area contributed by atoms with Crippen molar-refractivity contribution in [2.45, 2.75) is 32.4 Å². The van der Waals surface area contributed by atoms with Crippen LogP contribution in [0, 0.1) is 6.92 Å². The van der Waals surface area contributed by atoms with Crippen LogP contribution in [0.1, 0.15) is 24.1 Å². The molecule has 2 heterocycles. The number of aryl methyl sites for hydroxylation is 1. The summed E-state index contributed by atoms with van der Waals surface area (Å²) in [6.45, 7) is 3.61. The molecule has 3 rings (SSSR count). The normalized spacial score (nSPS) is 14.6. The number of rotatable bonds is 5. The first-order valence-corrected chi connectivity index (χ1v) is 9.46. The van der Waals surface area contributed by atoms with Gasteiger partial charge in [-0.2, -0.15) is 0 Å². The van der Waals surface area contributed by atoms with E-state index in [2.05, 4.69) is 5.32 Å². The number of benzene rings is 1. The van der Waals surface area contributed by atoms with Crippen molar-refractivity contribution in [1.29, 1.82) is 0 Å². The predicted molar refractivity (Wildman–Crippen MR) is 107 cm³/mol. The largest absolute Gasteiger partial charge is 0.497 e. The molecule has 0 bridgehead atoms. The molecule has 0 unspecified atom stereocenters. The second-order valence-electron chi connectivity index (χ2n) is 7.04. The van der Waals surface area contributed by atoms with Crippen molar-refractivity contribution in [3.8, 4) is 11.5 Å². The van der Waals surface area contributed by atoms with E-state index in [1.807, 2.05) is 37.3 Å². The first-order chi connectivity index (χ1) is 13.5. The van der Waals surface area contributed by atoms with Gasteiger partial charge < -0.3 is 24.3 Å². The zero-order valence-corrected chi connectivity index (χ0v) is 16.6. The van der Waals surface area contributed by atoms with Crippen molar-refractivity contribution in [1.82, 2.24) is 14.8 Å². The van der Waals surface area contributed by atoms with E-state index in [4.69, 9.17) is 9.47 Å². The Morgan fingerprint density at radius 1 is 1.14 bits per heavy atom. The van der Waals surface area contributed by atoms with Gasteiger partial charge in [-0.25, -0.2) is 4.79 Å². The van der Waals surface area contributed by atoms with E-state index in [0.717, 1.165) is 29.8 Å². The van der Waals surface area contributed by atoms with Gasteiger partial charge in [-0.05, 0) is 30.7 Å². The Hall–Kier alpha value is -2.96. The number of likely N-dealkylation sites (tertiary alicyclic amines) is 1. The summed E-state index contributed by atoms with van der Waals surface area (Å²) < 4.78 is 12.7. The predicted octanol–water partition coefficient (Wildman–Crippen LogP) is 2.46. The lowest BCUT2D eigenvalue weighted by atomic mass is 10.1. The maximum atomic E-state index is 12.4. The lowest BCUT2D eigenvalue weighted by Crippen LogP contribution is -2.46. The van der Waals surface area contributed by atoms with Gasteiger partial charge in [-0.1, -0.05) is 12.1 Å². The molecule has 1 aromatic heterocycles. The Kier molecular flexibility index (Phi) is 6.23. The van der Waals surface area contributed by atoms with Crippen molar-refractivity contribution >= 4 is 6.03 Å². The molecule has 0 saturated carbocycles. The monoisotopic (exact) mass is 385 g/mol. The number of pyridine rings is 1. The van der Waals surface area contributed by atoms with Crippen molar-refractivity contribution in [3.05, 3.63) is 58.0 Å². The third kappa shape index (κ3) is 4.85. The number of carbonyl (C=O) groups excluding carboxylic acids is 1. The molecule has 1 aliphatic rings. The van der Waals surface area contributed by atoms with Gasteiger partial charge in [0, 0.05) is 51.3 Å². The molecular formula is C21H27N3O4. The van der Waals surface area contributed by atoms with Crippen molar-refractivity contribution in [3.63, 3.8) is 0 Å². The third-order valence-electron chi connectivity index (χ3n) is 5.11. The summed E-state index contributed by atoms with van der Waals surface area (Å²) in [4.78, 5) is 26.1. The number of hydrogen-bond acceptors (Lipinski definition) is 4. The van der Waals surface area contributed by atoms with Gasteiger partial charge in [-0.3, -0.25) is 4.79 Å². The smallest absolute Gasteiger partial charge is 0.317 e. The minimum Gasteiger partial charge on any atom is -0.497 e.